The highest BCUT2D eigenvalue weighted by Gasteiger charge is 2.38. The van der Waals surface area contributed by atoms with E-state index in [1.807, 2.05) is 0 Å². The third kappa shape index (κ3) is 45.1. The summed E-state index contributed by atoms with van der Waals surface area (Å²) in [6.07, 6.45) is 28.7. The maximum Gasteiger partial charge on any atom is 0.490 e. The molecule has 0 saturated carbocycles. The van der Waals surface area contributed by atoms with Gasteiger partial charge in [-0.1, -0.05) is 168 Å². The molecular formula is C48H91F3N8O7. The first-order chi connectivity index (χ1) is 31.5. The summed E-state index contributed by atoms with van der Waals surface area (Å²) in [5.41, 5.74) is 16.2. The minimum Gasteiger partial charge on any atom is -0.475 e. The Morgan fingerprint density at radius 1 is 0.530 bits per heavy atom. The van der Waals surface area contributed by atoms with Crippen LogP contribution in [0.1, 0.15) is 219 Å². The van der Waals surface area contributed by atoms with Gasteiger partial charge in [-0.15, -0.1) is 0 Å². The smallest absolute Gasteiger partial charge is 0.475 e. The van der Waals surface area contributed by atoms with Crippen molar-refractivity contribution < 1.29 is 47.0 Å². The molecule has 0 fully saturated rings. The number of alkyl halides is 3. The number of rotatable bonds is 43. The van der Waals surface area contributed by atoms with Crippen LogP contribution in [0.2, 0.25) is 0 Å². The van der Waals surface area contributed by atoms with Crippen molar-refractivity contribution in [1.29, 1.82) is 0 Å². The first-order valence-corrected chi connectivity index (χ1v) is 25.3. The van der Waals surface area contributed by atoms with Gasteiger partial charge in [0.05, 0.1) is 0 Å². The average molecular weight is 949 g/mol. The van der Waals surface area contributed by atoms with E-state index in [-0.39, 0.29) is 69.1 Å². The zero-order valence-electron chi connectivity index (χ0n) is 40.9. The van der Waals surface area contributed by atoms with Gasteiger partial charge in [0.15, 0.2) is 5.96 Å². The first kappa shape index (κ1) is 64.0. The van der Waals surface area contributed by atoms with E-state index in [4.69, 9.17) is 27.1 Å². The Balaban J connectivity index is 0. The third-order valence-corrected chi connectivity index (χ3v) is 11.2. The van der Waals surface area contributed by atoms with Crippen molar-refractivity contribution in [2.24, 2.45) is 22.2 Å². The predicted octanol–water partition coefficient (Wildman–Crippen LogP) is 8.45. The van der Waals surface area contributed by atoms with Gasteiger partial charge >= 0.3 is 12.1 Å². The van der Waals surface area contributed by atoms with Crippen LogP contribution < -0.4 is 33.2 Å². The number of nitrogens with one attached hydrogen (secondary N) is 3. The van der Waals surface area contributed by atoms with Gasteiger partial charge in [0, 0.05) is 58.4 Å². The SMILES string of the molecule is CCCCCCCCCCCCCCCC(=O)NCCN(CCNC(=O)CCCCCCCCCCCCCCC)C(=O)CCC(=O)N[C@@H](CCCN=C(N)N)C(N)=O.O=C(O)C(F)(F)F. The molecule has 5 amide bonds. The Labute approximate surface area is 394 Å². The number of carboxylic acids is 1. The molecule has 0 heterocycles. The normalized spacial score (nSPS) is 11.5. The molecule has 386 valence electrons. The fraction of sp³-hybridized carbons (Fsp3) is 0.854. The lowest BCUT2D eigenvalue weighted by Crippen LogP contribution is -2.45. The number of nitrogens with zero attached hydrogens (tertiary/aromatic N) is 2. The van der Waals surface area contributed by atoms with Crippen LogP contribution in [0.3, 0.4) is 0 Å². The lowest BCUT2D eigenvalue weighted by molar-refractivity contribution is -0.192. The molecule has 0 bridgehead atoms. The van der Waals surface area contributed by atoms with Crippen LogP contribution in [0.25, 0.3) is 0 Å². The van der Waals surface area contributed by atoms with E-state index in [2.05, 4.69) is 34.8 Å². The summed E-state index contributed by atoms with van der Waals surface area (Å²) in [7, 11) is 0. The van der Waals surface area contributed by atoms with Crippen molar-refractivity contribution in [2.45, 2.75) is 232 Å². The second kappa shape index (κ2) is 44.7. The minimum absolute atomic E-state index is 0.0386. The van der Waals surface area contributed by atoms with Gasteiger partial charge in [-0.05, 0) is 25.7 Å². The highest BCUT2D eigenvalue weighted by atomic mass is 19.4. The topological polar surface area (TPSA) is 252 Å². The number of hydrogen-bond donors (Lipinski definition) is 7. The van der Waals surface area contributed by atoms with E-state index in [0.717, 1.165) is 38.5 Å². The van der Waals surface area contributed by atoms with Crippen LogP contribution in [0.5, 0.6) is 0 Å². The third-order valence-electron chi connectivity index (χ3n) is 11.2. The summed E-state index contributed by atoms with van der Waals surface area (Å²) in [4.78, 5) is 77.4. The van der Waals surface area contributed by atoms with Crippen LogP contribution in [0.15, 0.2) is 4.99 Å². The zero-order valence-corrected chi connectivity index (χ0v) is 40.9. The number of guanidine groups is 1. The maximum absolute atomic E-state index is 13.3. The van der Waals surface area contributed by atoms with E-state index in [1.165, 1.54) is 128 Å². The van der Waals surface area contributed by atoms with Crippen molar-refractivity contribution in [2.75, 3.05) is 32.7 Å². The molecule has 0 aromatic heterocycles. The molecule has 10 N–H and O–H groups in total. The minimum atomic E-state index is -5.08. The number of unbranched alkanes of at least 4 members (excludes halogenated alkanes) is 24. The molecule has 0 radical (unpaired) electrons. The molecule has 0 aromatic rings. The van der Waals surface area contributed by atoms with Crippen LogP contribution in [-0.2, 0) is 28.8 Å². The monoisotopic (exact) mass is 949 g/mol. The Morgan fingerprint density at radius 2 is 0.879 bits per heavy atom. The average Bonchev–Trinajstić information content (AvgIpc) is 3.26. The molecule has 66 heavy (non-hydrogen) atoms. The summed E-state index contributed by atoms with van der Waals surface area (Å²) in [6, 6.07) is -0.905. The van der Waals surface area contributed by atoms with Crippen molar-refractivity contribution in [1.82, 2.24) is 20.9 Å². The first-order valence-electron chi connectivity index (χ1n) is 25.3. The number of aliphatic carboxylic acids is 1. The van der Waals surface area contributed by atoms with Gasteiger partial charge in [-0.25, -0.2) is 4.79 Å². The molecule has 1 atom stereocenters. The largest absolute Gasteiger partial charge is 0.490 e. The van der Waals surface area contributed by atoms with E-state index in [0.29, 0.717) is 25.8 Å². The molecule has 0 aliphatic rings. The molecule has 0 rings (SSSR count). The number of carbonyl (C=O) groups is 6. The second-order valence-electron chi connectivity index (χ2n) is 17.3. The molecule has 0 aliphatic heterocycles. The van der Waals surface area contributed by atoms with Crippen LogP contribution in [0.4, 0.5) is 13.2 Å². The standard InChI is InChI=1S/C46H90N8O5.C2HF3O2/c1-3-5-7-9-11-13-15-17-19-21-23-25-27-31-41(55)50-36-38-54(44(58)34-33-43(57)53-40(45(47)59)30-29-35-52-46(48)49)39-37-51-42(56)32-28-26-24-22-20-18-16-14-12-10-8-6-4-2;3-2(4,5)1(6)7/h40H,3-39H2,1-2H3,(H2,47,59)(H,50,55)(H,51,56)(H,53,57)(H4,48,49,52);(H,6,7)/t40-;/m0./s1. The second-order valence-corrected chi connectivity index (χ2v) is 17.3. The molecule has 0 aromatic carbocycles. The van der Waals surface area contributed by atoms with E-state index in [9.17, 15) is 37.1 Å². The maximum atomic E-state index is 13.3. The van der Waals surface area contributed by atoms with Crippen LogP contribution in [0, 0.1) is 0 Å². The number of nitrogens with two attached hydrogens (primary N) is 3. The zero-order chi connectivity index (χ0) is 49.7. The predicted molar refractivity (Wildman–Crippen MR) is 257 cm³/mol. The fourth-order valence-electron chi connectivity index (χ4n) is 7.24. The van der Waals surface area contributed by atoms with Gasteiger partial charge in [-0.3, -0.25) is 29.0 Å². The summed E-state index contributed by atoms with van der Waals surface area (Å²) in [5, 5.41) is 15.6. The number of primary amides is 1. The van der Waals surface area contributed by atoms with Crippen molar-refractivity contribution in [3.05, 3.63) is 0 Å². The van der Waals surface area contributed by atoms with E-state index < -0.39 is 30.0 Å². The van der Waals surface area contributed by atoms with E-state index >= 15 is 0 Å². The summed E-state index contributed by atoms with van der Waals surface area (Å²) in [5.74, 6) is -4.32. The highest BCUT2D eigenvalue weighted by molar-refractivity contribution is 5.88. The Kier molecular flexibility index (Phi) is 43.3. The Hall–Kier alpha value is -4.12. The fourth-order valence-corrected chi connectivity index (χ4v) is 7.24. The quantitative estimate of drug-likeness (QED) is 0.0176. The van der Waals surface area contributed by atoms with E-state index in [1.54, 1.807) is 4.90 Å². The molecule has 0 spiro atoms. The van der Waals surface area contributed by atoms with Crippen molar-refractivity contribution >= 4 is 41.5 Å². The summed E-state index contributed by atoms with van der Waals surface area (Å²) >= 11 is 0. The Morgan fingerprint density at radius 3 is 1.20 bits per heavy atom. The lowest BCUT2D eigenvalue weighted by Gasteiger charge is -2.23. The van der Waals surface area contributed by atoms with Gasteiger partial charge < -0.3 is 43.2 Å². The van der Waals surface area contributed by atoms with Gasteiger partial charge in [0.25, 0.3) is 0 Å². The van der Waals surface area contributed by atoms with Gasteiger partial charge in [-0.2, -0.15) is 13.2 Å². The number of carbonyl (C=O) groups excluding carboxylic acids is 5. The van der Waals surface area contributed by atoms with Crippen molar-refractivity contribution in [3.63, 3.8) is 0 Å². The molecule has 15 nitrogen and oxygen atoms in total. The van der Waals surface area contributed by atoms with Gasteiger partial charge in [0.2, 0.25) is 29.5 Å². The summed E-state index contributed by atoms with van der Waals surface area (Å²) < 4.78 is 31.7. The molecule has 0 saturated heterocycles. The molecule has 18 heteroatoms. The van der Waals surface area contributed by atoms with Crippen molar-refractivity contribution in [3.8, 4) is 0 Å². The molecule has 0 aliphatic carbocycles. The summed E-state index contributed by atoms with van der Waals surface area (Å²) in [6.45, 7) is 5.87. The van der Waals surface area contributed by atoms with Crippen LogP contribution >= 0.6 is 0 Å². The number of amides is 5. The number of halogens is 3. The number of hydrogen-bond acceptors (Lipinski definition) is 7. The van der Waals surface area contributed by atoms with Gasteiger partial charge in [0.1, 0.15) is 6.04 Å². The highest BCUT2D eigenvalue weighted by Crippen LogP contribution is 2.15. The van der Waals surface area contributed by atoms with Crippen LogP contribution in [-0.4, -0.2) is 96.4 Å². The molecular weight excluding hydrogens is 858 g/mol. The molecule has 0 unspecified atom stereocenters. The number of aliphatic imine (C=N–C) groups is 1. The Bertz CT molecular complexity index is 1260. The lowest BCUT2D eigenvalue weighted by atomic mass is 10.0. The number of carboxylic acid groups (broad SMARTS) is 1.